The first-order valence-electron chi connectivity index (χ1n) is 6.96. The van der Waals surface area contributed by atoms with Crippen LogP contribution in [0.3, 0.4) is 0 Å². The number of hydrogen-bond donors (Lipinski definition) is 1. The van der Waals surface area contributed by atoms with Crippen molar-refractivity contribution >= 4 is 27.0 Å². The maximum atomic E-state index is 5.66. The number of halogens is 1. The van der Waals surface area contributed by atoms with Crippen molar-refractivity contribution in [3.63, 3.8) is 0 Å². The molecule has 104 valence electrons. The Kier molecular flexibility index (Phi) is 4.99. The highest BCUT2D eigenvalue weighted by molar-refractivity contribution is 9.10. The number of aromatic nitrogens is 2. The van der Waals surface area contributed by atoms with E-state index in [0.29, 0.717) is 0 Å². The number of hydrogen-bond acceptors (Lipinski definition) is 2. The lowest BCUT2D eigenvalue weighted by atomic mass is 9.96. The molecule has 1 heterocycles. The summed E-state index contributed by atoms with van der Waals surface area (Å²) < 4.78 is 3.29. The molecule has 2 N–H and O–H groups in total. The molecule has 0 bridgehead atoms. The van der Waals surface area contributed by atoms with Gasteiger partial charge < -0.3 is 10.3 Å². The van der Waals surface area contributed by atoms with Crippen molar-refractivity contribution in [3.8, 4) is 0 Å². The molecule has 0 saturated heterocycles. The second kappa shape index (κ2) is 6.53. The minimum Gasteiger partial charge on any atom is -0.331 e. The van der Waals surface area contributed by atoms with Crippen molar-refractivity contribution in [1.82, 2.24) is 9.55 Å². The summed E-state index contributed by atoms with van der Waals surface area (Å²) in [4.78, 5) is 4.74. The first-order chi connectivity index (χ1) is 9.15. The van der Waals surface area contributed by atoms with Crippen LogP contribution in [0.2, 0.25) is 0 Å². The van der Waals surface area contributed by atoms with E-state index in [0.717, 1.165) is 35.3 Å². The number of nitrogens with two attached hydrogens (primary N) is 1. The van der Waals surface area contributed by atoms with E-state index in [-0.39, 0.29) is 0 Å². The Hall–Kier alpha value is -0.870. The molecule has 1 unspecified atom stereocenters. The fraction of sp³-hybridized carbons (Fsp3) is 0.533. The summed E-state index contributed by atoms with van der Waals surface area (Å²) in [5, 5.41) is 0. The van der Waals surface area contributed by atoms with E-state index in [9.17, 15) is 0 Å². The molecule has 2 rings (SSSR count). The summed E-state index contributed by atoms with van der Waals surface area (Å²) in [6.07, 6.45) is 4.52. The van der Waals surface area contributed by atoms with Crippen LogP contribution >= 0.6 is 15.9 Å². The predicted octanol–water partition coefficient (Wildman–Crippen LogP) is 3.64. The first-order valence-corrected chi connectivity index (χ1v) is 7.76. The van der Waals surface area contributed by atoms with Gasteiger partial charge in [-0.2, -0.15) is 0 Å². The van der Waals surface area contributed by atoms with E-state index in [1.165, 1.54) is 24.2 Å². The maximum absolute atomic E-state index is 5.66. The van der Waals surface area contributed by atoms with E-state index in [4.69, 9.17) is 10.7 Å². The van der Waals surface area contributed by atoms with Crippen molar-refractivity contribution < 1.29 is 0 Å². The van der Waals surface area contributed by atoms with Gasteiger partial charge in [-0.15, -0.1) is 0 Å². The summed E-state index contributed by atoms with van der Waals surface area (Å²) in [7, 11) is 2.10. The molecule has 19 heavy (non-hydrogen) atoms. The lowest BCUT2D eigenvalue weighted by molar-refractivity contribution is 0.437. The molecular formula is C15H22BrN3. The Morgan fingerprint density at radius 1 is 1.37 bits per heavy atom. The van der Waals surface area contributed by atoms with Gasteiger partial charge in [-0.05, 0) is 43.5 Å². The van der Waals surface area contributed by atoms with Gasteiger partial charge in [0.2, 0.25) is 0 Å². The van der Waals surface area contributed by atoms with E-state index in [1.807, 2.05) is 0 Å². The van der Waals surface area contributed by atoms with Gasteiger partial charge in [-0.3, -0.25) is 0 Å². The van der Waals surface area contributed by atoms with E-state index in [1.54, 1.807) is 0 Å². The number of nitrogens with zero attached hydrogens (tertiary/aromatic N) is 2. The number of rotatable bonds is 6. The molecule has 0 aliphatic heterocycles. The Morgan fingerprint density at radius 3 is 2.84 bits per heavy atom. The Morgan fingerprint density at radius 2 is 2.16 bits per heavy atom. The lowest BCUT2D eigenvalue weighted by Gasteiger charge is -2.12. The molecule has 1 aromatic heterocycles. The SMILES string of the molecule is CCC(CCN)CCc1nc2cc(Br)ccc2n1C. The van der Waals surface area contributed by atoms with Crippen LogP contribution in [0.4, 0.5) is 0 Å². The van der Waals surface area contributed by atoms with Crippen LogP contribution in [0.15, 0.2) is 22.7 Å². The molecule has 2 aromatic rings. The van der Waals surface area contributed by atoms with Crippen LogP contribution in [-0.2, 0) is 13.5 Å². The Balaban J connectivity index is 2.14. The molecule has 0 fully saturated rings. The second-order valence-electron chi connectivity index (χ2n) is 5.11. The largest absolute Gasteiger partial charge is 0.331 e. The maximum Gasteiger partial charge on any atom is 0.109 e. The molecule has 1 aromatic carbocycles. The molecule has 0 spiro atoms. The molecule has 0 aliphatic rings. The van der Waals surface area contributed by atoms with Gasteiger partial charge in [0.05, 0.1) is 11.0 Å². The van der Waals surface area contributed by atoms with E-state index >= 15 is 0 Å². The van der Waals surface area contributed by atoms with Gasteiger partial charge in [-0.1, -0.05) is 29.3 Å². The third-order valence-corrected chi connectivity index (χ3v) is 4.36. The van der Waals surface area contributed by atoms with Gasteiger partial charge in [0.15, 0.2) is 0 Å². The third-order valence-electron chi connectivity index (χ3n) is 3.86. The summed E-state index contributed by atoms with van der Waals surface area (Å²) in [6.45, 7) is 3.03. The monoisotopic (exact) mass is 323 g/mol. The highest BCUT2D eigenvalue weighted by atomic mass is 79.9. The molecule has 3 nitrogen and oxygen atoms in total. The van der Waals surface area contributed by atoms with Crippen molar-refractivity contribution in [3.05, 3.63) is 28.5 Å². The second-order valence-corrected chi connectivity index (χ2v) is 6.03. The van der Waals surface area contributed by atoms with Crippen molar-refractivity contribution in [2.75, 3.05) is 6.54 Å². The molecule has 4 heteroatoms. The Bertz CT molecular complexity index is 548. The fourth-order valence-corrected chi connectivity index (χ4v) is 2.92. The average molecular weight is 324 g/mol. The molecule has 0 amide bonds. The predicted molar refractivity (Wildman–Crippen MR) is 84.2 cm³/mol. The lowest BCUT2D eigenvalue weighted by Crippen LogP contribution is -2.10. The molecule has 0 saturated carbocycles. The quantitative estimate of drug-likeness (QED) is 0.881. The number of aryl methyl sites for hydroxylation is 2. The number of benzene rings is 1. The zero-order chi connectivity index (χ0) is 13.8. The van der Waals surface area contributed by atoms with Crippen LogP contribution in [0, 0.1) is 5.92 Å². The van der Waals surface area contributed by atoms with Gasteiger partial charge in [0, 0.05) is 17.9 Å². The molecule has 0 aliphatic carbocycles. The summed E-state index contributed by atoms with van der Waals surface area (Å²) in [5.74, 6) is 1.89. The van der Waals surface area contributed by atoms with Crippen molar-refractivity contribution in [2.24, 2.45) is 18.7 Å². The van der Waals surface area contributed by atoms with Crippen LogP contribution in [0.5, 0.6) is 0 Å². The number of fused-ring (bicyclic) bond motifs is 1. The number of imidazole rings is 1. The van der Waals surface area contributed by atoms with Crippen LogP contribution < -0.4 is 5.73 Å². The van der Waals surface area contributed by atoms with Gasteiger partial charge in [0.25, 0.3) is 0 Å². The van der Waals surface area contributed by atoms with Crippen LogP contribution in [-0.4, -0.2) is 16.1 Å². The van der Waals surface area contributed by atoms with E-state index < -0.39 is 0 Å². The van der Waals surface area contributed by atoms with Crippen LogP contribution in [0.25, 0.3) is 11.0 Å². The van der Waals surface area contributed by atoms with Gasteiger partial charge in [0.1, 0.15) is 5.82 Å². The van der Waals surface area contributed by atoms with E-state index in [2.05, 4.69) is 52.7 Å². The third kappa shape index (κ3) is 3.37. The summed E-state index contributed by atoms with van der Waals surface area (Å²) >= 11 is 3.50. The van der Waals surface area contributed by atoms with Gasteiger partial charge in [-0.25, -0.2) is 4.98 Å². The highest BCUT2D eigenvalue weighted by Gasteiger charge is 2.11. The minimum atomic E-state index is 0.719. The van der Waals surface area contributed by atoms with Crippen molar-refractivity contribution in [1.29, 1.82) is 0 Å². The Labute approximate surface area is 123 Å². The van der Waals surface area contributed by atoms with Crippen LogP contribution in [0.1, 0.15) is 32.0 Å². The zero-order valence-corrected chi connectivity index (χ0v) is 13.3. The fourth-order valence-electron chi connectivity index (χ4n) is 2.57. The normalized spacial score (nSPS) is 13.1. The smallest absolute Gasteiger partial charge is 0.109 e. The highest BCUT2D eigenvalue weighted by Crippen LogP contribution is 2.22. The standard InChI is InChI=1S/C15H22BrN3/c1-3-11(8-9-17)4-7-15-18-13-10-12(16)5-6-14(13)19(15)2/h5-6,10-11H,3-4,7-9,17H2,1-2H3. The molecule has 0 radical (unpaired) electrons. The van der Waals surface area contributed by atoms with Crippen molar-refractivity contribution in [2.45, 2.75) is 32.6 Å². The van der Waals surface area contributed by atoms with Gasteiger partial charge >= 0.3 is 0 Å². The summed E-state index contributed by atoms with van der Waals surface area (Å²) in [5.41, 5.74) is 7.92. The topological polar surface area (TPSA) is 43.8 Å². The molecular weight excluding hydrogens is 302 g/mol. The summed E-state index contributed by atoms with van der Waals surface area (Å²) in [6, 6.07) is 6.26. The first kappa shape index (κ1) is 14.5. The minimum absolute atomic E-state index is 0.719. The zero-order valence-electron chi connectivity index (χ0n) is 11.7. The average Bonchev–Trinajstić information content (AvgIpc) is 2.70. The molecule has 1 atom stereocenters.